The minimum atomic E-state index is -0.614. The van der Waals surface area contributed by atoms with Crippen LogP contribution in [0.5, 0.6) is 5.75 Å². The summed E-state index contributed by atoms with van der Waals surface area (Å²) >= 11 is 1.20. The number of nitrogens with zero attached hydrogens (tertiary/aromatic N) is 3. The van der Waals surface area contributed by atoms with Gasteiger partial charge < -0.3 is 15.4 Å². The molecule has 8 nitrogen and oxygen atoms in total. The summed E-state index contributed by atoms with van der Waals surface area (Å²) in [5.74, 6) is -0.347. The average molecular weight is 506 g/mol. The van der Waals surface area contributed by atoms with Gasteiger partial charge in [0.1, 0.15) is 11.6 Å². The number of aromatic nitrogens is 3. The lowest BCUT2D eigenvalue weighted by atomic mass is 10.2. The maximum atomic E-state index is 14.0. The van der Waals surface area contributed by atoms with E-state index in [0.717, 1.165) is 5.56 Å². The zero-order valence-corrected chi connectivity index (χ0v) is 20.5. The molecule has 0 aliphatic carbocycles. The van der Waals surface area contributed by atoms with Crippen LogP contribution in [-0.4, -0.2) is 39.4 Å². The number of benzene rings is 3. The largest absolute Gasteiger partial charge is 0.495 e. The van der Waals surface area contributed by atoms with E-state index in [1.165, 1.54) is 30.0 Å². The molecule has 2 amide bonds. The van der Waals surface area contributed by atoms with Crippen molar-refractivity contribution >= 4 is 29.3 Å². The Morgan fingerprint density at radius 2 is 1.81 bits per heavy atom. The summed E-state index contributed by atoms with van der Waals surface area (Å²) in [4.78, 5) is 25.1. The smallest absolute Gasteiger partial charge is 0.254 e. The molecule has 0 unspecified atom stereocenters. The predicted octanol–water partition coefficient (Wildman–Crippen LogP) is 4.38. The number of nitrogens with one attached hydrogen (secondary N) is 2. The van der Waals surface area contributed by atoms with Crippen LogP contribution in [0.2, 0.25) is 0 Å². The molecule has 0 aliphatic rings. The fourth-order valence-electron chi connectivity index (χ4n) is 3.51. The number of ether oxygens (including phenoxy) is 1. The average Bonchev–Trinajstić information content (AvgIpc) is 3.28. The van der Waals surface area contributed by atoms with Crippen LogP contribution in [0.1, 0.15) is 21.7 Å². The molecular weight excluding hydrogens is 481 g/mol. The van der Waals surface area contributed by atoms with E-state index in [2.05, 4.69) is 20.8 Å². The third-order valence-electron chi connectivity index (χ3n) is 5.19. The zero-order valence-electron chi connectivity index (χ0n) is 19.7. The van der Waals surface area contributed by atoms with E-state index >= 15 is 0 Å². The first kappa shape index (κ1) is 24.9. The lowest BCUT2D eigenvalue weighted by Crippen LogP contribution is -2.25. The maximum Gasteiger partial charge on any atom is 0.254 e. The van der Waals surface area contributed by atoms with E-state index in [4.69, 9.17) is 4.74 Å². The number of hydrogen-bond acceptors (Lipinski definition) is 6. The first-order valence-corrected chi connectivity index (χ1v) is 12.0. The number of rotatable bonds is 9. The molecule has 0 atom stereocenters. The number of para-hydroxylation sites is 2. The van der Waals surface area contributed by atoms with Crippen molar-refractivity contribution in [3.8, 4) is 11.4 Å². The highest BCUT2D eigenvalue weighted by Crippen LogP contribution is 2.28. The molecule has 10 heteroatoms. The van der Waals surface area contributed by atoms with Gasteiger partial charge in [0.25, 0.3) is 5.91 Å². The topological polar surface area (TPSA) is 98.1 Å². The van der Waals surface area contributed by atoms with Crippen molar-refractivity contribution in [2.75, 3.05) is 18.2 Å². The Bertz CT molecular complexity index is 1390. The number of carbonyl (C=O) groups is 2. The second-order valence-corrected chi connectivity index (χ2v) is 8.72. The summed E-state index contributed by atoms with van der Waals surface area (Å²) in [6.45, 7) is 1.93. The molecule has 0 saturated carbocycles. The molecule has 1 aromatic heterocycles. The molecule has 3 aromatic carbocycles. The van der Waals surface area contributed by atoms with E-state index in [9.17, 15) is 14.0 Å². The second kappa shape index (κ2) is 11.5. The summed E-state index contributed by atoms with van der Waals surface area (Å²) < 4.78 is 21.2. The first-order chi connectivity index (χ1) is 17.5. The summed E-state index contributed by atoms with van der Waals surface area (Å²) in [6, 6.07) is 20.5. The minimum absolute atomic E-state index is 0.0196. The standard InChI is InChI=1S/C26H24FN5O3S/c1-17-8-7-9-18(14-17)29-24(33)16-36-26-31-30-23(32(26)21-12-5-6-13-22(21)35-2)15-28-25(34)19-10-3-4-11-20(19)27/h3-14H,15-16H2,1-2H3,(H,28,34)(H,29,33). The molecule has 184 valence electrons. The molecule has 4 aromatic rings. The van der Waals surface area contributed by atoms with E-state index < -0.39 is 11.7 Å². The van der Waals surface area contributed by atoms with Gasteiger partial charge in [-0.3, -0.25) is 14.2 Å². The monoisotopic (exact) mass is 505 g/mol. The van der Waals surface area contributed by atoms with Crippen molar-refractivity contribution in [1.82, 2.24) is 20.1 Å². The van der Waals surface area contributed by atoms with Gasteiger partial charge in [-0.2, -0.15) is 0 Å². The fourth-order valence-corrected chi connectivity index (χ4v) is 4.28. The Hall–Kier alpha value is -4.18. The number of methoxy groups -OCH3 is 1. The van der Waals surface area contributed by atoms with Gasteiger partial charge in [-0.25, -0.2) is 4.39 Å². The highest BCUT2D eigenvalue weighted by atomic mass is 32.2. The lowest BCUT2D eigenvalue weighted by Gasteiger charge is -2.14. The van der Waals surface area contributed by atoms with Crippen molar-refractivity contribution in [2.24, 2.45) is 0 Å². The quantitative estimate of drug-likeness (QED) is 0.328. The van der Waals surface area contributed by atoms with Crippen LogP contribution >= 0.6 is 11.8 Å². The van der Waals surface area contributed by atoms with Crippen molar-refractivity contribution in [1.29, 1.82) is 0 Å². The van der Waals surface area contributed by atoms with E-state index in [1.807, 2.05) is 49.4 Å². The number of hydrogen-bond donors (Lipinski definition) is 2. The van der Waals surface area contributed by atoms with Crippen LogP contribution in [0.3, 0.4) is 0 Å². The number of amides is 2. The van der Waals surface area contributed by atoms with Crippen molar-refractivity contribution in [3.63, 3.8) is 0 Å². The molecule has 0 aliphatic heterocycles. The van der Waals surface area contributed by atoms with Crippen LogP contribution in [0.15, 0.2) is 78.0 Å². The van der Waals surface area contributed by atoms with Crippen LogP contribution in [0.4, 0.5) is 10.1 Å². The summed E-state index contributed by atoms with van der Waals surface area (Å²) in [5.41, 5.74) is 2.33. The maximum absolute atomic E-state index is 14.0. The number of carbonyl (C=O) groups excluding carboxylic acids is 2. The molecule has 0 saturated heterocycles. The third-order valence-corrected chi connectivity index (χ3v) is 6.12. The van der Waals surface area contributed by atoms with Crippen LogP contribution in [-0.2, 0) is 11.3 Å². The fraction of sp³-hybridized carbons (Fsp3) is 0.154. The van der Waals surface area contributed by atoms with Gasteiger partial charge in [-0.1, -0.05) is 48.2 Å². The molecule has 0 spiro atoms. The van der Waals surface area contributed by atoms with Gasteiger partial charge in [0.2, 0.25) is 5.91 Å². The SMILES string of the molecule is COc1ccccc1-n1c(CNC(=O)c2ccccc2F)nnc1SCC(=O)Nc1cccc(C)c1. The lowest BCUT2D eigenvalue weighted by molar-refractivity contribution is -0.113. The Morgan fingerprint density at radius 3 is 2.58 bits per heavy atom. The Morgan fingerprint density at radius 1 is 1.03 bits per heavy atom. The molecule has 2 N–H and O–H groups in total. The molecule has 4 rings (SSSR count). The van der Waals surface area contributed by atoms with Crippen LogP contribution in [0.25, 0.3) is 5.69 Å². The number of thioether (sulfide) groups is 1. The number of halogens is 1. The zero-order chi connectivity index (χ0) is 25.5. The second-order valence-electron chi connectivity index (χ2n) is 7.77. The van der Waals surface area contributed by atoms with Gasteiger partial charge in [-0.15, -0.1) is 10.2 Å². The van der Waals surface area contributed by atoms with Crippen molar-refractivity contribution < 1.29 is 18.7 Å². The van der Waals surface area contributed by atoms with E-state index in [-0.39, 0.29) is 23.8 Å². The minimum Gasteiger partial charge on any atom is -0.495 e. The van der Waals surface area contributed by atoms with Crippen LogP contribution in [0, 0.1) is 12.7 Å². The molecule has 0 bridgehead atoms. The van der Waals surface area contributed by atoms with E-state index in [0.29, 0.717) is 28.1 Å². The third kappa shape index (κ3) is 5.89. The molecular formula is C26H24FN5O3S. The number of aryl methyl sites for hydroxylation is 1. The summed E-state index contributed by atoms with van der Waals surface area (Å²) in [6.07, 6.45) is 0. The summed E-state index contributed by atoms with van der Waals surface area (Å²) in [5, 5.41) is 14.5. The molecule has 1 heterocycles. The Labute approximate surface area is 211 Å². The number of anilines is 1. The van der Waals surface area contributed by atoms with Gasteiger partial charge in [-0.05, 0) is 48.9 Å². The highest BCUT2D eigenvalue weighted by molar-refractivity contribution is 7.99. The summed E-state index contributed by atoms with van der Waals surface area (Å²) in [7, 11) is 1.55. The van der Waals surface area contributed by atoms with Gasteiger partial charge in [0.05, 0.1) is 30.7 Å². The molecule has 0 fully saturated rings. The van der Waals surface area contributed by atoms with Gasteiger partial charge >= 0.3 is 0 Å². The predicted molar refractivity (Wildman–Crippen MR) is 136 cm³/mol. The van der Waals surface area contributed by atoms with Gasteiger partial charge in [0, 0.05) is 5.69 Å². The van der Waals surface area contributed by atoms with E-state index in [1.54, 1.807) is 23.8 Å². The molecule has 0 radical (unpaired) electrons. The first-order valence-electron chi connectivity index (χ1n) is 11.1. The van der Waals surface area contributed by atoms with Crippen LogP contribution < -0.4 is 15.4 Å². The van der Waals surface area contributed by atoms with Crippen molar-refractivity contribution in [3.05, 3.63) is 95.6 Å². The highest BCUT2D eigenvalue weighted by Gasteiger charge is 2.20. The normalized spacial score (nSPS) is 10.6. The Kier molecular flexibility index (Phi) is 7.96. The molecule has 36 heavy (non-hydrogen) atoms. The Balaban J connectivity index is 1.55. The van der Waals surface area contributed by atoms with Crippen molar-refractivity contribution in [2.45, 2.75) is 18.6 Å². The van der Waals surface area contributed by atoms with Gasteiger partial charge in [0.15, 0.2) is 11.0 Å².